The van der Waals surface area contributed by atoms with Crippen molar-refractivity contribution in [3.63, 3.8) is 0 Å². The fourth-order valence-electron chi connectivity index (χ4n) is 7.27. The van der Waals surface area contributed by atoms with Gasteiger partial charge in [0.2, 0.25) is 0 Å². The number of rotatable bonds is 3. The first-order valence-electron chi connectivity index (χ1n) is 11.2. The Balaban J connectivity index is 1.53. The Morgan fingerprint density at radius 2 is 2.12 bits per heavy atom. The third kappa shape index (κ3) is 2.01. The van der Waals surface area contributed by atoms with E-state index in [1.807, 2.05) is 30.3 Å². The first-order valence-corrected chi connectivity index (χ1v) is 11.2. The molecule has 32 heavy (non-hydrogen) atoms. The van der Waals surface area contributed by atoms with E-state index in [-0.39, 0.29) is 6.54 Å². The molecule has 2 aliphatic heterocycles. The van der Waals surface area contributed by atoms with Crippen LogP contribution in [0.15, 0.2) is 36.4 Å². The summed E-state index contributed by atoms with van der Waals surface area (Å²) in [4.78, 5) is 5.38. The molecule has 1 aromatic heterocycles. The van der Waals surface area contributed by atoms with Crippen LogP contribution in [0, 0.1) is 0 Å². The lowest BCUT2D eigenvalue weighted by Crippen LogP contribution is -2.74. The lowest BCUT2D eigenvalue weighted by molar-refractivity contribution is -0.177. The van der Waals surface area contributed by atoms with E-state index in [4.69, 9.17) is 9.47 Å². The third-order valence-electron chi connectivity index (χ3n) is 8.46. The van der Waals surface area contributed by atoms with E-state index < -0.39 is 29.6 Å². The number of piperidine rings is 1. The molecule has 7 heteroatoms. The van der Waals surface area contributed by atoms with Gasteiger partial charge in [0, 0.05) is 28.9 Å². The minimum Gasteiger partial charge on any atom is -0.493 e. The number of hydrogen-bond acceptors (Lipinski definition) is 4. The summed E-state index contributed by atoms with van der Waals surface area (Å²) in [5.41, 5.74) is 3.19. The number of fused-ring (bicyclic) bond motifs is 4. The Morgan fingerprint density at radius 1 is 1.28 bits per heavy atom. The summed E-state index contributed by atoms with van der Waals surface area (Å²) in [5, 5.41) is 13.6. The van der Waals surface area contributed by atoms with Crippen LogP contribution in [-0.2, 0) is 18.3 Å². The van der Waals surface area contributed by atoms with Gasteiger partial charge in [-0.25, -0.2) is 8.78 Å². The van der Waals surface area contributed by atoms with E-state index in [9.17, 15) is 13.9 Å². The van der Waals surface area contributed by atoms with Crippen LogP contribution in [0.4, 0.5) is 8.78 Å². The Bertz CT molecular complexity index is 1270. The number of likely N-dealkylation sites (tertiary alicyclic amines) is 1. The zero-order valence-electron chi connectivity index (χ0n) is 17.7. The van der Waals surface area contributed by atoms with E-state index in [1.54, 1.807) is 12.0 Å². The molecule has 4 aliphatic rings. The number of aliphatic hydroxyl groups is 1. The third-order valence-corrected chi connectivity index (χ3v) is 8.46. The molecule has 1 fully saturated rings. The Morgan fingerprint density at radius 3 is 2.94 bits per heavy atom. The summed E-state index contributed by atoms with van der Waals surface area (Å²) in [5.74, 6) is 1.35. The number of aromatic nitrogens is 1. The topological polar surface area (TPSA) is 57.7 Å². The summed E-state index contributed by atoms with van der Waals surface area (Å²) < 4.78 is 39.3. The predicted octanol–water partition coefficient (Wildman–Crippen LogP) is 3.73. The number of nitrogens with one attached hydrogen (secondary N) is 1. The highest BCUT2D eigenvalue weighted by atomic mass is 19.3. The molecule has 1 saturated heterocycles. The molecule has 3 heterocycles. The molecule has 0 radical (unpaired) electrons. The maximum Gasteiger partial charge on any atom is 0.251 e. The fourth-order valence-corrected chi connectivity index (χ4v) is 7.27. The molecule has 5 nitrogen and oxygen atoms in total. The molecule has 7 rings (SSSR count). The average molecular weight is 438 g/mol. The van der Waals surface area contributed by atoms with Gasteiger partial charge in [-0.2, -0.15) is 0 Å². The predicted molar refractivity (Wildman–Crippen MR) is 115 cm³/mol. The molecule has 1 spiro atoms. The molecule has 0 unspecified atom stereocenters. The van der Waals surface area contributed by atoms with Gasteiger partial charge >= 0.3 is 0 Å². The summed E-state index contributed by atoms with van der Waals surface area (Å²) in [7, 11) is 1.62. The second-order valence-electron chi connectivity index (χ2n) is 9.62. The maximum atomic E-state index is 13.5. The van der Waals surface area contributed by atoms with Gasteiger partial charge in [0.25, 0.3) is 6.43 Å². The minimum absolute atomic E-state index is 0.326. The second kappa shape index (κ2) is 6.02. The molecular weight excluding hydrogens is 414 g/mol. The first-order chi connectivity index (χ1) is 15.5. The lowest BCUT2D eigenvalue weighted by atomic mass is 9.49. The number of H-pyrrole nitrogens is 1. The number of para-hydroxylation sites is 1. The van der Waals surface area contributed by atoms with Crippen molar-refractivity contribution in [2.24, 2.45) is 0 Å². The Kier molecular flexibility index (Phi) is 3.56. The largest absolute Gasteiger partial charge is 0.493 e. The van der Waals surface area contributed by atoms with Gasteiger partial charge in [-0.3, -0.25) is 4.90 Å². The summed E-state index contributed by atoms with van der Waals surface area (Å²) in [6, 6.07) is 11.6. The number of methoxy groups -OCH3 is 1. The summed E-state index contributed by atoms with van der Waals surface area (Å²) in [6.45, 7) is 0.177. The van der Waals surface area contributed by atoms with Gasteiger partial charge in [0.15, 0.2) is 17.6 Å². The molecule has 2 N–H and O–H groups in total. The smallest absolute Gasteiger partial charge is 0.251 e. The minimum atomic E-state index is -2.44. The molecule has 2 aromatic carbocycles. The lowest BCUT2D eigenvalue weighted by Gasteiger charge is -2.62. The zero-order valence-corrected chi connectivity index (χ0v) is 17.7. The normalized spacial score (nSPS) is 32.0. The van der Waals surface area contributed by atoms with E-state index in [2.05, 4.69) is 11.1 Å². The van der Waals surface area contributed by atoms with Crippen LogP contribution in [0.3, 0.4) is 0 Å². The van der Waals surface area contributed by atoms with Gasteiger partial charge < -0.3 is 19.6 Å². The quantitative estimate of drug-likeness (QED) is 0.654. The van der Waals surface area contributed by atoms with Crippen molar-refractivity contribution < 1.29 is 23.4 Å². The molecule has 2 bridgehead atoms. The highest BCUT2D eigenvalue weighted by Crippen LogP contribution is 2.69. The SMILES string of the molecule is COc1ccc2c3c1O[C@H]1c4[nH]c5ccccc5c4C[C@@]4(O)[C@@H](C2)N(CC(F)F)CC[C@]314. The number of aromatic amines is 1. The standard InChI is InChI=1S/C25H24F2N2O3/c1-31-17-7-6-13-10-18-25(30)11-15-14-4-2-3-5-16(14)28-21(15)23-24(25,20(13)22(17)32-23)8-9-29(18)12-19(26)27/h2-7,18-19,23,28,30H,8-12H2,1H3/t18-,23+,24+,25-/m1/s1. The number of hydrogen-bond donors (Lipinski definition) is 2. The number of nitrogens with zero attached hydrogens (tertiary/aromatic N) is 1. The number of alkyl halides is 2. The molecule has 2 aliphatic carbocycles. The van der Waals surface area contributed by atoms with E-state index >= 15 is 0 Å². The Labute approximate surface area is 183 Å². The summed E-state index contributed by atoms with van der Waals surface area (Å²) >= 11 is 0. The van der Waals surface area contributed by atoms with E-state index in [0.29, 0.717) is 37.3 Å². The number of halogens is 2. The van der Waals surface area contributed by atoms with Crippen molar-refractivity contribution in [1.29, 1.82) is 0 Å². The van der Waals surface area contributed by atoms with Gasteiger partial charge in [-0.15, -0.1) is 0 Å². The van der Waals surface area contributed by atoms with Crippen molar-refractivity contribution in [2.45, 2.75) is 48.8 Å². The van der Waals surface area contributed by atoms with Gasteiger partial charge in [0.1, 0.15) is 0 Å². The first kappa shape index (κ1) is 18.9. The van der Waals surface area contributed by atoms with Crippen LogP contribution < -0.4 is 9.47 Å². The molecule has 166 valence electrons. The van der Waals surface area contributed by atoms with Crippen LogP contribution in [0.1, 0.15) is 34.9 Å². The van der Waals surface area contributed by atoms with Crippen LogP contribution in [0.2, 0.25) is 0 Å². The number of benzene rings is 2. The Hall–Kier alpha value is -2.64. The molecular formula is C25H24F2N2O3. The van der Waals surface area contributed by atoms with Crippen molar-refractivity contribution in [3.8, 4) is 11.5 Å². The maximum absolute atomic E-state index is 13.5. The fraction of sp³-hybridized carbons (Fsp3) is 0.440. The van der Waals surface area contributed by atoms with Crippen LogP contribution in [-0.4, -0.2) is 53.3 Å². The molecule has 0 saturated carbocycles. The second-order valence-corrected chi connectivity index (χ2v) is 9.62. The van der Waals surface area contributed by atoms with Gasteiger partial charge in [-0.05, 0) is 42.6 Å². The van der Waals surface area contributed by atoms with Crippen molar-refractivity contribution in [3.05, 3.63) is 58.8 Å². The van der Waals surface area contributed by atoms with Crippen molar-refractivity contribution in [2.75, 3.05) is 20.2 Å². The monoisotopic (exact) mass is 438 g/mol. The average Bonchev–Trinajstić information content (AvgIpc) is 3.30. The van der Waals surface area contributed by atoms with Crippen LogP contribution >= 0.6 is 0 Å². The van der Waals surface area contributed by atoms with E-state index in [0.717, 1.165) is 33.3 Å². The summed E-state index contributed by atoms with van der Waals surface area (Å²) in [6.07, 6.45) is -1.37. The highest BCUT2D eigenvalue weighted by Gasteiger charge is 2.72. The van der Waals surface area contributed by atoms with Gasteiger partial charge in [-0.1, -0.05) is 24.3 Å². The van der Waals surface area contributed by atoms with Crippen molar-refractivity contribution >= 4 is 10.9 Å². The molecule has 0 amide bonds. The van der Waals surface area contributed by atoms with Crippen LogP contribution in [0.5, 0.6) is 11.5 Å². The van der Waals surface area contributed by atoms with Gasteiger partial charge in [0.05, 0.1) is 30.4 Å². The van der Waals surface area contributed by atoms with Crippen LogP contribution in [0.25, 0.3) is 10.9 Å². The van der Waals surface area contributed by atoms with Crippen molar-refractivity contribution in [1.82, 2.24) is 9.88 Å². The molecule has 3 aromatic rings. The highest BCUT2D eigenvalue weighted by molar-refractivity contribution is 5.86. The van der Waals surface area contributed by atoms with E-state index in [1.165, 1.54) is 0 Å². The number of ether oxygens (including phenoxy) is 2. The molecule has 4 atom stereocenters. The zero-order chi connectivity index (χ0) is 21.8.